The lowest BCUT2D eigenvalue weighted by Crippen LogP contribution is -2.22. The Hall–Kier alpha value is 0.310. The zero-order chi connectivity index (χ0) is 8.69. The summed E-state index contributed by atoms with van der Waals surface area (Å²) in [5.41, 5.74) is 5.85. The molecule has 68 valence electrons. The average Bonchev–Trinajstić information content (AvgIpc) is 1.87. The van der Waals surface area contributed by atoms with Crippen LogP contribution in [0.15, 0.2) is 0 Å². The van der Waals surface area contributed by atoms with Crippen LogP contribution in [-0.2, 0) is 0 Å². The standard InChI is InChI=1S/C9H21NS/c1-4-5-9(10)7-11-6-8(2)3/h8-9H,4-7,10H2,1-3H3/t9-/m0/s1. The lowest BCUT2D eigenvalue weighted by molar-refractivity contribution is 0.658. The van der Waals surface area contributed by atoms with Crippen LogP contribution in [-0.4, -0.2) is 17.5 Å². The molecular weight excluding hydrogens is 154 g/mol. The molecule has 0 aromatic heterocycles. The summed E-state index contributed by atoms with van der Waals surface area (Å²) in [5.74, 6) is 3.18. The summed E-state index contributed by atoms with van der Waals surface area (Å²) in [4.78, 5) is 0. The molecule has 1 atom stereocenters. The second-order valence-electron chi connectivity index (χ2n) is 3.48. The maximum atomic E-state index is 5.85. The van der Waals surface area contributed by atoms with Gasteiger partial charge in [-0.2, -0.15) is 11.8 Å². The SMILES string of the molecule is CCC[C@H](N)CSCC(C)C. The molecule has 1 nitrogen and oxygen atoms in total. The van der Waals surface area contributed by atoms with Crippen molar-refractivity contribution in [1.82, 2.24) is 0 Å². The second-order valence-corrected chi connectivity index (χ2v) is 4.55. The van der Waals surface area contributed by atoms with E-state index in [-0.39, 0.29) is 0 Å². The van der Waals surface area contributed by atoms with Gasteiger partial charge in [-0.25, -0.2) is 0 Å². The molecule has 0 aliphatic heterocycles. The molecule has 0 rings (SSSR count). The maximum Gasteiger partial charge on any atom is 0.0130 e. The van der Waals surface area contributed by atoms with E-state index in [1.807, 2.05) is 11.8 Å². The van der Waals surface area contributed by atoms with Gasteiger partial charge in [-0.1, -0.05) is 27.2 Å². The Morgan fingerprint density at radius 2 is 1.91 bits per heavy atom. The highest BCUT2D eigenvalue weighted by Crippen LogP contribution is 2.09. The van der Waals surface area contributed by atoms with Gasteiger partial charge < -0.3 is 5.73 Å². The van der Waals surface area contributed by atoms with E-state index in [4.69, 9.17) is 5.73 Å². The number of hydrogen-bond donors (Lipinski definition) is 1. The average molecular weight is 175 g/mol. The lowest BCUT2D eigenvalue weighted by Gasteiger charge is -2.10. The Labute approximate surface area is 75.1 Å². The molecule has 0 amide bonds. The van der Waals surface area contributed by atoms with Gasteiger partial charge in [-0.15, -0.1) is 0 Å². The highest BCUT2D eigenvalue weighted by Gasteiger charge is 2.01. The second kappa shape index (κ2) is 6.99. The molecule has 0 fully saturated rings. The summed E-state index contributed by atoms with van der Waals surface area (Å²) in [5, 5.41) is 0. The summed E-state index contributed by atoms with van der Waals surface area (Å²) in [6, 6.07) is 0.420. The van der Waals surface area contributed by atoms with Gasteiger partial charge in [-0.05, 0) is 18.1 Å². The van der Waals surface area contributed by atoms with E-state index in [1.165, 1.54) is 18.6 Å². The van der Waals surface area contributed by atoms with Crippen LogP contribution in [0.5, 0.6) is 0 Å². The minimum atomic E-state index is 0.420. The van der Waals surface area contributed by atoms with E-state index in [0.29, 0.717) is 6.04 Å². The van der Waals surface area contributed by atoms with Crippen LogP contribution >= 0.6 is 11.8 Å². The number of thioether (sulfide) groups is 1. The zero-order valence-corrected chi connectivity index (χ0v) is 8.79. The molecule has 0 saturated heterocycles. The molecule has 0 saturated carbocycles. The monoisotopic (exact) mass is 175 g/mol. The maximum absolute atomic E-state index is 5.85. The Morgan fingerprint density at radius 1 is 1.27 bits per heavy atom. The van der Waals surface area contributed by atoms with Crippen molar-refractivity contribution in [3.63, 3.8) is 0 Å². The molecule has 0 heterocycles. The van der Waals surface area contributed by atoms with Crippen molar-refractivity contribution in [3.8, 4) is 0 Å². The summed E-state index contributed by atoms with van der Waals surface area (Å²) in [6.07, 6.45) is 2.38. The first-order valence-corrected chi connectivity index (χ1v) is 5.65. The van der Waals surface area contributed by atoms with Crippen LogP contribution in [0, 0.1) is 5.92 Å². The molecule has 0 aromatic rings. The Balaban J connectivity index is 3.10. The third-order valence-corrected chi connectivity index (χ3v) is 3.01. The van der Waals surface area contributed by atoms with E-state index in [9.17, 15) is 0 Å². The van der Waals surface area contributed by atoms with Gasteiger partial charge in [-0.3, -0.25) is 0 Å². The topological polar surface area (TPSA) is 26.0 Å². The summed E-state index contributed by atoms with van der Waals surface area (Å²) in [7, 11) is 0. The van der Waals surface area contributed by atoms with Crippen molar-refractivity contribution in [1.29, 1.82) is 0 Å². The number of nitrogens with two attached hydrogens (primary N) is 1. The van der Waals surface area contributed by atoms with Crippen LogP contribution in [0.1, 0.15) is 33.6 Å². The Bertz CT molecular complexity index is 83.6. The van der Waals surface area contributed by atoms with Crippen LogP contribution in [0.2, 0.25) is 0 Å². The van der Waals surface area contributed by atoms with Gasteiger partial charge in [0.2, 0.25) is 0 Å². The van der Waals surface area contributed by atoms with Crippen molar-refractivity contribution >= 4 is 11.8 Å². The fraction of sp³-hybridized carbons (Fsp3) is 1.00. The Morgan fingerprint density at radius 3 is 2.36 bits per heavy atom. The molecule has 0 unspecified atom stereocenters. The predicted molar refractivity (Wildman–Crippen MR) is 55.0 cm³/mol. The Kier molecular flexibility index (Phi) is 7.18. The van der Waals surface area contributed by atoms with Crippen molar-refractivity contribution in [2.24, 2.45) is 11.7 Å². The molecule has 2 heteroatoms. The van der Waals surface area contributed by atoms with Crippen molar-refractivity contribution in [3.05, 3.63) is 0 Å². The molecular formula is C9H21NS. The quantitative estimate of drug-likeness (QED) is 0.671. The summed E-state index contributed by atoms with van der Waals surface area (Å²) < 4.78 is 0. The number of rotatable bonds is 6. The smallest absolute Gasteiger partial charge is 0.0130 e. The lowest BCUT2D eigenvalue weighted by atomic mass is 10.2. The third-order valence-electron chi connectivity index (χ3n) is 1.44. The first-order chi connectivity index (χ1) is 5.16. The molecule has 0 aliphatic rings. The van der Waals surface area contributed by atoms with E-state index in [0.717, 1.165) is 11.7 Å². The molecule has 0 bridgehead atoms. The van der Waals surface area contributed by atoms with Crippen molar-refractivity contribution < 1.29 is 0 Å². The van der Waals surface area contributed by atoms with Gasteiger partial charge >= 0.3 is 0 Å². The van der Waals surface area contributed by atoms with E-state index < -0.39 is 0 Å². The first kappa shape index (κ1) is 11.3. The summed E-state index contributed by atoms with van der Waals surface area (Å²) >= 11 is 1.98. The summed E-state index contributed by atoms with van der Waals surface area (Å²) in [6.45, 7) is 6.68. The molecule has 0 aliphatic carbocycles. The predicted octanol–water partition coefficient (Wildman–Crippen LogP) is 2.50. The highest BCUT2D eigenvalue weighted by molar-refractivity contribution is 7.99. The van der Waals surface area contributed by atoms with Crippen LogP contribution in [0.3, 0.4) is 0 Å². The fourth-order valence-corrected chi connectivity index (χ4v) is 1.99. The van der Waals surface area contributed by atoms with Gasteiger partial charge in [0, 0.05) is 11.8 Å². The van der Waals surface area contributed by atoms with Crippen LogP contribution in [0.4, 0.5) is 0 Å². The highest BCUT2D eigenvalue weighted by atomic mass is 32.2. The largest absolute Gasteiger partial charge is 0.327 e. The molecule has 2 N–H and O–H groups in total. The normalized spacial score (nSPS) is 13.9. The zero-order valence-electron chi connectivity index (χ0n) is 7.97. The van der Waals surface area contributed by atoms with Gasteiger partial charge in [0.25, 0.3) is 0 Å². The van der Waals surface area contributed by atoms with E-state index in [2.05, 4.69) is 20.8 Å². The van der Waals surface area contributed by atoms with E-state index in [1.54, 1.807) is 0 Å². The van der Waals surface area contributed by atoms with Gasteiger partial charge in [0.1, 0.15) is 0 Å². The third kappa shape index (κ3) is 8.21. The van der Waals surface area contributed by atoms with Crippen molar-refractivity contribution in [2.45, 2.75) is 39.7 Å². The van der Waals surface area contributed by atoms with Crippen LogP contribution < -0.4 is 5.73 Å². The minimum absolute atomic E-state index is 0.420. The molecule has 0 aromatic carbocycles. The van der Waals surface area contributed by atoms with Gasteiger partial charge in [0.15, 0.2) is 0 Å². The first-order valence-electron chi connectivity index (χ1n) is 4.50. The molecule has 11 heavy (non-hydrogen) atoms. The number of hydrogen-bond acceptors (Lipinski definition) is 2. The van der Waals surface area contributed by atoms with Crippen LogP contribution in [0.25, 0.3) is 0 Å². The van der Waals surface area contributed by atoms with Crippen molar-refractivity contribution in [2.75, 3.05) is 11.5 Å². The molecule has 0 radical (unpaired) electrons. The van der Waals surface area contributed by atoms with E-state index >= 15 is 0 Å². The minimum Gasteiger partial charge on any atom is -0.327 e. The molecule has 0 spiro atoms. The van der Waals surface area contributed by atoms with Gasteiger partial charge in [0.05, 0.1) is 0 Å². The fourth-order valence-electron chi connectivity index (χ4n) is 0.909.